The summed E-state index contributed by atoms with van der Waals surface area (Å²) in [4.78, 5) is 15.6. The van der Waals surface area contributed by atoms with Crippen LogP contribution in [0.25, 0.3) is 122 Å². The average Bonchev–Trinajstić information content (AvgIpc) is 3.73. The molecule has 0 aliphatic carbocycles. The van der Waals surface area contributed by atoms with Crippen LogP contribution in [0.1, 0.15) is 0 Å². The van der Waals surface area contributed by atoms with Crippen molar-refractivity contribution in [3.8, 4) is 67.5 Å². The number of nitrogens with zero attached hydrogens (tertiary/aromatic N) is 3. The normalized spacial score (nSPS) is 11.6. The summed E-state index contributed by atoms with van der Waals surface area (Å²) in [5.74, 6) is 1.78. The third-order valence-corrected chi connectivity index (χ3v) is 11.9. The first-order chi connectivity index (χ1) is 30.2. The van der Waals surface area contributed by atoms with Gasteiger partial charge in [-0.25, -0.2) is 15.0 Å². The predicted octanol–water partition coefficient (Wildman–Crippen LogP) is 15.2. The molecule has 0 saturated carbocycles. The topological polar surface area (TPSA) is 51.8 Å². The van der Waals surface area contributed by atoms with Crippen LogP contribution in [-0.2, 0) is 0 Å². The SMILES string of the molecule is c1ccc(-c2cccc(-c3ccc(-c4nc(-c5ccc6c(c5)oc5cccc(-c7ccccc7)c56)nc(-c5ccc6c7ccccc7c7ccccc7c6c5)n4)cc3)c2)cc1. The maximum atomic E-state index is 6.55. The Labute approximate surface area is 352 Å². The Kier molecular flexibility index (Phi) is 8.13. The van der Waals surface area contributed by atoms with Gasteiger partial charge >= 0.3 is 0 Å². The van der Waals surface area contributed by atoms with Gasteiger partial charge in [0, 0.05) is 27.5 Å². The lowest BCUT2D eigenvalue weighted by Gasteiger charge is -2.13. The molecule has 0 unspecified atom stereocenters. The van der Waals surface area contributed by atoms with Gasteiger partial charge in [-0.15, -0.1) is 0 Å². The summed E-state index contributed by atoms with van der Waals surface area (Å²) in [7, 11) is 0. The van der Waals surface area contributed by atoms with Crippen molar-refractivity contribution in [1.29, 1.82) is 0 Å². The van der Waals surface area contributed by atoms with E-state index in [1.54, 1.807) is 0 Å². The summed E-state index contributed by atoms with van der Waals surface area (Å²) < 4.78 is 6.55. The van der Waals surface area contributed by atoms with E-state index in [1.807, 2.05) is 18.2 Å². The molecular weight excluding hydrogens is 743 g/mol. The van der Waals surface area contributed by atoms with Crippen LogP contribution in [0.5, 0.6) is 0 Å². The summed E-state index contributed by atoms with van der Waals surface area (Å²) in [6, 6.07) is 74.6. The first-order valence-electron chi connectivity index (χ1n) is 20.6. The van der Waals surface area contributed by atoms with Crippen LogP contribution in [0.15, 0.2) is 217 Å². The van der Waals surface area contributed by atoms with Gasteiger partial charge in [0.15, 0.2) is 17.5 Å². The standard InChI is InChI=1S/C57H35N3O/c1-3-13-36(14-4-1)40-17-11-18-41(33-40)37-25-27-39(28-26-37)55-58-56(42-29-31-49-47-21-8-7-19-45(47)46-20-9-10-22-48(46)51(49)34-42)60-57(59-55)43-30-32-50-53(35-43)61-52-24-12-23-44(54(50)52)38-15-5-2-6-16-38/h1-35H. The lowest BCUT2D eigenvalue weighted by molar-refractivity contribution is 0.669. The van der Waals surface area contributed by atoms with Gasteiger partial charge in [0.05, 0.1) is 0 Å². The van der Waals surface area contributed by atoms with Gasteiger partial charge in [0.25, 0.3) is 0 Å². The van der Waals surface area contributed by atoms with Crippen LogP contribution in [0.4, 0.5) is 0 Å². The van der Waals surface area contributed by atoms with Gasteiger partial charge in [-0.3, -0.25) is 0 Å². The maximum Gasteiger partial charge on any atom is 0.164 e. The minimum Gasteiger partial charge on any atom is -0.456 e. The number of furan rings is 1. The minimum atomic E-state index is 0.578. The van der Waals surface area contributed by atoms with Crippen molar-refractivity contribution >= 4 is 54.3 Å². The molecule has 2 heterocycles. The van der Waals surface area contributed by atoms with E-state index in [0.717, 1.165) is 66.3 Å². The number of rotatable bonds is 6. The highest BCUT2D eigenvalue weighted by atomic mass is 16.3. The van der Waals surface area contributed by atoms with Crippen LogP contribution in [0.2, 0.25) is 0 Å². The number of hydrogen-bond acceptors (Lipinski definition) is 4. The summed E-state index contributed by atoms with van der Waals surface area (Å²) in [6.07, 6.45) is 0. The minimum absolute atomic E-state index is 0.578. The summed E-state index contributed by atoms with van der Waals surface area (Å²) in [5.41, 5.74) is 11.2. The van der Waals surface area contributed by atoms with E-state index in [1.165, 1.54) is 38.1 Å². The van der Waals surface area contributed by atoms with Crippen LogP contribution < -0.4 is 0 Å². The Morgan fingerprint density at radius 1 is 0.246 bits per heavy atom. The molecular formula is C57H35N3O. The third kappa shape index (κ3) is 6.04. The van der Waals surface area contributed by atoms with E-state index < -0.39 is 0 Å². The van der Waals surface area contributed by atoms with Gasteiger partial charge in [0.1, 0.15) is 11.2 Å². The van der Waals surface area contributed by atoms with Crippen molar-refractivity contribution in [3.63, 3.8) is 0 Å². The molecule has 0 radical (unpaired) electrons. The fourth-order valence-corrected chi connectivity index (χ4v) is 8.95. The second-order valence-electron chi connectivity index (χ2n) is 15.5. The molecule has 284 valence electrons. The second kappa shape index (κ2) is 14.3. The molecule has 4 heteroatoms. The van der Waals surface area contributed by atoms with Gasteiger partial charge in [-0.2, -0.15) is 0 Å². The molecule has 61 heavy (non-hydrogen) atoms. The molecule has 0 aliphatic rings. The Morgan fingerprint density at radius 3 is 1.33 bits per heavy atom. The Bertz CT molecular complexity index is 3600. The molecule has 0 N–H and O–H groups in total. The van der Waals surface area contributed by atoms with E-state index in [0.29, 0.717) is 17.5 Å². The molecule has 0 saturated heterocycles. The number of aromatic nitrogens is 3. The van der Waals surface area contributed by atoms with Crippen molar-refractivity contribution in [2.75, 3.05) is 0 Å². The molecule has 4 nitrogen and oxygen atoms in total. The van der Waals surface area contributed by atoms with E-state index in [9.17, 15) is 0 Å². The van der Waals surface area contributed by atoms with Crippen molar-refractivity contribution in [2.45, 2.75) is 0 Å². The molecule has 10 aromatic carbocycles. The quantitative estimate of drug-likeness (QED) is 0.158. The molecule has 0 fully saturated rings. The van der Waals surface area contributed by atoms with Gasteiger partial charge in [0.2, 0.25) is 0 Å². The zero-order chi connectivity index (χ0) is 40.3. The van der Waals surface area contributed by atoms with Crippen molar-refractivity contribution in [1.82, 2.24) is 15.0 Å². The van der Waals surface area contributed by atoms with E-state index >= 15 is 0 Å². The number of benzene rings is 10. The van der Waals surface area contributed by atoms with Crippen molar-refractivity contribution in [3.05, 3.63) is 212 Å². The predicted molar refractivity (Wildman–Crippen MR) is 252 cm³/mol. The molecule has 2 aromatic heterocycles. The molecule has 12 aromatic rings. The summed E-state index contributed by atoms with van der Waals surface area (Å²) in [6.45, 7) is 0. The van der Waals surface area contributed by atoms with Gasteiger partial charge in [-0.1, -0.05) is 182 Å². The molecule has 12 rings (SSSR count). The van der Waals surface area contributed by atoms with E-state index in [2.05, 4.69) is 194 Å². The molecule has 0 bridgehead atoms. The molecule has 0 atom stereocenters. The maximum absolute atomic E-state index is 6.55. The van der Waals surface area contributed by atoms with Crippen LogP contribution >= 0.6 is 0 Å². The largest absolute Gasteiger partial charge is 0.456 e. The van der Waals surface area contributed by atoms with Gasteiger partial charge < -0.3 is 4.42 Å². The van der Waals surface area contributed by atoms with E-state index in [4.69, 9.17) is 19.4 Å². The Hall–Kier alpha value is -8.21. The Morgan fingerprint density at radius 2 is 0.689 bits per heavy atom. The summed E-state index contributed by atoms with van der Waals surface area (Å²) in [5, 5.41) is 9.40. The highest BCUT2D eigenvalue weighted by Crippen LogP contribution is 2.40. The smallest absolute Gasteiger partial charge is 0.164 e. The Balaban J connectivity index is 1.01. The zero-order valence-electron chi connectivity index (χ0n) is 33.0. The summed E-state index contributed by atoms with van der Waals surface area (Å²) >= 11 is 0. The van der Waals surface area contributed by atoms with Crippen molar-refractivity contribution < 1.29 is 4.42 Å². The van der Waals surface area contributed by atoms with Crippen molar-refractivity contribution in [2.24, 2.45) is 0 Å². The lowest BCUT2D eigenvalue weighted by Crippen LogP contribution is -2.00. The fraction of sp³-hybridized carbons (Fsp3) is 0. The van der Waals surface area contributed by atoms with E-state index in [-0.39, 0.29) is 0 Å². The average molecular weight is 778 g/mol. The molecule has 0 amide bonds. The fourth-order valence-electron chi connectivity index (χ4n) is 8.95. The number of hydrogen-bond donors (Lipinski definition) is 0. The highest BCUT2D eigenvalue weighted by molar-refractivity contribution is 6.25. The molecule has 0 aliphatic heterocycles. The second-order valence-corrected chi connectivity index (χ2v) is 15.5. The lowest BCUT2D eigenvalue weighted by atomic mass is 9.93. The van der Waals surface area contributed by atoms with Crippen LogP contribution in [0.3, 0.4) is 0 Å². The van der Waals surface area contributed by atoms with Crippen LogP contribution in [-0.4, -0.2) is 15.0 Å². The highest BCUT2D eigenvalue weighted by Gasteiger charge is 2.18. The zero-order valence-corrected chi connectivity index (χ0v) is 33.0. The monoisotopic (exact) mass is 777 g/mol. The van der Waals surface area contributed by atoms with Gasteiger partial charge in [-0.05, 0) is 96.0 Å². The first-order valence-corrected chi connectivity index (χ1v) is 20.6. The molecule has 0 spiro atoms. The first kappa shape index (κ1) is 34.8. The number of fused-ring (bicyclic) bond motifs is 9. The van der Waals surface area contributed by atoms with Crippen LogP contribution in [0, 0.1) is 0 Å². The third-order valence-electron chi connectivity index (χ3n) is 11.9.